The van der Waals surface area contributed by atoms with Gasteiger partial charge in [-0.05, 0) is 17.0 Å². The van der Waals surface area contributed by atoms with E-state index < -0.39 is 0 Å². The van der Waals surface area contributed by atoms with Crippen LogP contribution >= 0.6 is 0 Å². The number of Topliss-reactive ketones (excluding diaryl/α,β-unsaturated/α-hetero) is 2. The third-order valence-corrected chi connectivity index (χ3v) is 4.10. The molecule has 2 aromatic carbocycles. The lowest BCUT2D eigenvalue weighted by atomic mass is 9.80. The van der Waals surface area contributed by atoms with Gasteiger partial charge < -0.3 is 4.74 Å². The van der Waals surface area contributed by atoms with Crippen LogP contribution < -0.4 is 0 Å². The summed E-state index contributed by atoms with van der Waals surface area (Å²) in [7, 11) is 1.44. The first kappa shape index (κ1) is 15.2. The van der Waals surface area contributed by atoms with Crippen molar-refractivity contribution in [2.24, 2.45) is 5.92 Å². The van der Waals surface area contributed by atoms with Crippen molar-refractivity contribution in [2.75, 3.05) is 7.11 Å². The Labute approximate surface area is 135 Å². The van der Waals surface area contributed by atoms with Crippen LogP contribution in [0.25, 0.3) is 11.1 Å². The fraction of sp³-hybridized carbons (Fsp3) is 0.200. The number of ketones is 2. The van der Waals surface area contributed by atoms with E-state index in [1.54, 1.807) is 6.07 Å². The van der Waals surface area contributed by atoms with Gasteiger partial charge in [-0.1, -0.05) is 62.4 Å². The molecule has 3 heteroatoms. The van der Waals surface area contributed by atoms with Gasteiger partial charge in [-0.2, -0.15) is 0 Å². The number of hydrogen-bond acceptors (Lipinski definition) is 3. The highest BCUT2D eigenvalue weighted by Crippen LogP contribution is 2.36. The molecule has 0 amide bonds. The number of rotatable bonds is 3. The number of hydrogen-bond donors (Lipinski definition) is 0. The first-order valence-corrected chi connectivity index (χ1v) is 7.62. The Kier molecular flexibility index (Phi) is 3.87. The second-order valence-corrected chi connectivity index (χ2v) is 5.85. The minimum Gasteiger partial charge on any atom is -0.492 e. The van der Waals surface area contributed by atoms with Crippen molar-refractivity contribution < 1.29 is 14.3 Å². The first-order valence-electron chi connectivity index (χ1n) is 7.62. The molecule has 116 valence electrons. The molecule has 2 aromatic rings. The Hall–Kier alpha value is -2.68. The lowest BCUT2D eigenvalue weighted by Crippen LogP contribution is -2.26. The highest BCUT2D eigenvalue weighted by Gasteiger charge is 2.36. The van der Waals surface area contributed by atoms with Gasteiger partial charge in [-0.3, -0.25) is 9.59 Å². The molecule has 0 aromatic heterocycles. The van der Waals surface area contributed by atoms with Gasteiger partial charge in [0.25, 0.3) is 0 Å². The molecule has 0 aliphatic heterocycles. The van der Waals surface area contributed by atoms with Crippen LogP contribution in [0, 0.1) is 5.92 Å². The summed E-state index contributed by atoms with van der Waals surface area (Å²) >= 11 is 0. The molecule has 0 fully saturated rings. The van der Waals surface area contributed by atoms with Crippen molar-refractivity contribution in [3.8, 4) is 11.1 Å². The summed E-state index contributed by atoms with van der Waals surface area (Å²) in [6, 6.07) is 15.0. The largest absolute Gasteiger partial charge is 0.492 e. The van der Waals surface area contributed by atoms with Crippen LogP contribution in [-0.4, -0.2) is 18.7 Å². The Balaban J connectivity index is 2.28. The molecule has 3 nitrogen and oxygen atoms in total. The average Bonchev–Trinajstić information content (AvgIpc) is 2.57. The van der Waals surface area contributed by atoms with Crippen LogP contribution in [0.1, 0.15) is 34.6 Å². The standard InChI is InChI=1S/C20H18O3/c1-12(2)16-18(21)15-11-7-10-14(13-8-5-4-6-9-13)17(15)19(22)20(16)23-3/h4-12H,1-3H3. The summed E-state index contributed by atoms with van der Waals surface area (Å²) in [5.74, 6) is -0.245. The zero-order chi connectivity index (χ0) is 16.6. The number of ether oxygens (including phenoxy) is 1. The van der Waals surface area contributed by atoms with Gasteiger partial charge in [0.1, 0.15) is 0 Å². The van der Waals surface area contributed by atoms with E-state index in [4.69, 9.17) is 4.74 Å². The molecule has 23 heavy (non-hydrogen) atoms. The number of benzene rings is 2. The highest BCUT2D eigenvalue weighted by molar-refractivity contribution is 6.28. The molecule has 0 bridgehead atoms. The molecule has 0 atom stereocenters. The van der Waals surface area contributed by atoms with E-state index in [2.05, 4.69) is 0 Å². The topological polar surface area (TPSA) is 43.4 Å². The summed E-state index contributed by atoms with van der Waals surface area (Å²) in [6.07, 6.45) is 0. The third-order valence-electron chi connectivity index (χ3n) is 4.10. The number of allylic oxidation sites excluding steroid dienone is 2. The summed E-state index contributed by atoms with van der Waals surface area (Å²) in [5.41, 5.74) is 3.02. The van der Waals surface area contributed by atoms with Crippen LogP contribution in [0.15, 0.2) is 59.9 Å². The second kappa shape index (κ2) is 5.84. The van der Waals surface area contributed by atoms with E-state index in [1.807, 2.05) is 56.3 Å². The lowest BCUT2D eigenvalue weighted by molar-refractivity contribution is 0.0898. The summed E-state index contributed by atoms with van der Waals surface area (Å²) in [6.45, 7) is 3.79. The van der Waals surface area contributed by atoms with Gasteiger partial charge in [0.2, 0.25) is 5.78 Å². The molecule has 1 aliphatic rings. The van der Waals surface area contributed by atoms with Crippen LogP contribution in [0.3, 0.4) is 0 Å². The smallest absolute Gasteiger partial charge is 0.229 e. The lowest BCUT2D eigenvalue weighted by Gasteiger charge is -2.24. The predicted molar refractivity (Wildman–Crippen MR) is 89.4 cm³/mol. The van der Waals surface area contributed by atoms with E-state index in [-0.39, 0.29) is 23.2 Å². The molecule has 0 unspecified atom stereocenters. The van der Waals surface area contributed by atoms with Gasteiger partial charge >= 0.3 is 0 Å². The van der Waals surface area contributed by atoms with Gasteiger partial charge in [-0.15, -0.1) is 0 Å². The van der Waals surface area contributed by atoms with Crippen LogP contribution in [0.5, 0.6) is 0 Å². The molecule has 0 saturated carbocycles. The molecule has 0 heterocycles. The normalized spacial score (nSPS) is 14.3. The van der Waals surface area contributed by atoms with Crippen molar-refractivity contribution in [3.63, 3.8) is 0 Å². The summed E-state index contributed by atoms with van der Waals surface area (Å²) < 4.78 is 5.30. The van der Waals surface area contributed by atoms with Crippen LogP contribution in [0.4, 0.5) is 0 Å². The number of carbonyl (C=O) groups excluding carboxylic acids is 2. The molecule has 0 spiro atoms. The van der Waals surface area contributed by atoms with Gasteiger partial charge in [0.15, 0.2) is 11.5 Å². The summed E-state index contributed by atoms with van der Waals surface area (Å²) in [4.78, 5) is 25.8. The fourth-order valence-corrected chi connectivity index (χ4v) is 3.06. The maximum absolute atomic E-state index is 13.0. The molecule has 0 saturated heterocycles. The van der Waals surface area contributed by atoms with Crippen LogP contribution in [-0.2, 0) is 4.74 Å². The van der Waals surface area contributed by atoms with E-state index >= 15 is 0 Å². The molecule has 3 rings (SSSR count). The van der Waals surface area contributed by atoms with E-state index in [9.17, 15) is 9.59 Å². The van der Waals surface area contributed by atoms with Crippen LogP contribution in [0.2, 0.25) is 0 Å². The maximum Gasteiger partial charge on any atom is 0.229 e. The Bertz CT molecular complexity index is 814. The Morgan fingerprint density at radius 1 is 0.826 bits per heavy atom. The number of methoxy groups -OCH3 is 1. The monoisotopic (exact) mass is 306 g/mol. The van der Waals surface area contributed by atoms with Crippen molar-refractivity contribution in [2.45, 2.75) is 13.8 Å². The van der Waals surface area contributed by atoms with E-state index in [0.29, 0.717) is 16.7 Å². The third kappa shape index (κ3) is 2.38. The quantitative estimate of drug-likeness (QED) is 0.849. The average molecular weight is 306 g/mol. The van der Waals surface area contributed by atoms with E-state index in [1.165, 1.54) is 7.11 Å². The molecule has 1 aliphatic carbocycles. The van der Waals surface area contributed by atoms with Gasteiger partial charge in [-0.25, -0.2) is 0 Å². The molecule has 0 radical (unpaired) electrons. The van der Waals surface area contributed by atoms with Crippen molar-refractivity contribution in [1.29, 1.82) is 0 Å². The maximum atomic E-state index is 13.0. The highest BCUT2D eigenvalue weighted by atomic mass is 16.5. The van der Waals surface area contributed by atoms with Crippen molar-refractivity contribution >= 4 is 11.6 Å². The number of carbonyl (C=O) groups is 2. The Morgan fingerprint density at radius 3 is 2.09 bits per heavy atom. The summed E-state index contributed by atoms with van der Waals surface area (Å²) in [5, 5.41) is 0. The van der Waals surface area contributed by atoms with E-state index in [0.717, 1.165) is 11.1 Å². The first-order chi connectivity index (χ1) is 11.1. The number of fused-ring (bicyclic) bond motifs is 1. The predicted octanol–water partition coefficient (Wildman–Crippen LogP) is 4.29. The zero-order valence-corrected chi connectivity index (χ0v) is 13.4. The SMILES string of the molecule is COC1=C(C(C)C)C(=O)c2cccc(-c3ccccc3)c2C1=O. The fourth-order valence-electron chi connectivity index (χ4n) is 3.06. The zero-order valence-electron chi connectivity index (χ0n) is 13.4. The molecule has 0 N–H and O–H groups in total. The van der Waals surface area contributed by atoms with Crippen molar-refractivity contribution in [3.05, 3.63) is 71.0 Å². The van der Waals surface area contributed by atoms with Crippen molar-refractivity contribution in [1.82, 2.24) is 0 Å². The van der Waals surface area contributed by atoms with Gasteiger partial charge in [0.05, 0.1) is 7.11 Å². The molecular weight excluding hydrogens is 288 g/mol. The second-order valence-electron chi connectivity index (χ2n) is 5.85. The minimum absolute atomic E-state index is 0.0741. The van der Waals surface area contributed by atoms with Gasteiger partial charge in [0, 0.05) is 16.7 Å². The molecular formula is C20H18O3. The minimum atomic E-state index is -0.217. The Morgan fingerprint density at radius 2 is 1.48 bits per heavy atom.